The second-order valence-electron chi connectivity index (χ2n) is 6.12. The maximum absolute atomic E-state index is 12.8. The van der Waals surface area contributed by atoms with Gasteiger partial charge in [0.2, 0.25) is 5.91 Å². The van der Waals surface area contributed by atoms with Gasteiger partial charge in [-0.05, 0) is 43.7 Å². The van der Waals surface area contributed by atoms with Crippen molar-refractivity contribution in [2.75, 3.05) is 6.54 Å². The molecule has 0 saturated carbocycles. The fourth-order valence-corrected chi connectivity index (χ4v) is 2.43. The summed E-state index contributed by atoms with van der Waals surface area (Å²) in [5.41, 5.74) is 6.80. The molecular formula is C20H24N2O3. The Morgan fingerprint density at radius 1 is 1.04 bits per heavy atom. The third-order valence-corrected chi connectivity index (χ3v) is 3.60. The molecular weight excluding hydrogens is 316 g/mol. The fourth-order valence-electron chi connectivity index (χ4n) is 2.43. The number of amides is 2. The summed E-state index contributed by atoms with van der Waals surface area (Å²) in [4.78, 5) is 25.6. The summed E-state index contributed by atoms with van der Waals surface area (Å²) in [6, 6.07) is 16.7. The predicted octanol–water partition coefficient (Wildman–Crippen LogP) is 2.99. The smallest absolute Gasteiger partial charge is 0.254 e. The van der Waals surface area contributed by atoms with Crippen LogP contribution in [-0.2, 0) is 11.3 Å². The first-order valence-corrected chi connectivity index (χ1v) is 8.34. The Hall–Kier alpha value is -2.82. The van der Waals surface area contributed by atoms with Gasteiger partial charge in [-0.2, -0.15) is 0 Å². The van der Waals surface area contributed by atoms with Crippen LogP contribution in [0.5, 0.6) is 5.75 Å². The molecule has 0 fully saturated rings. The monoisotopic (exact) mass is 340 g/mol. The Balaban J connectivity index is 2.14. The van der Waals surface area contributed by atoms with E-state index >= 15 is 0 Å². The van der Waals surface area contributed by atoms with Crippen LogP contribution in [0.4, 0.5) is 0 Å². The van der Waals surface area contributed by atoms with Gasteiger partial charge >= 0.3 is 0 Å². The Kier molecular flexibility index (Phi) is 6.57. The second-order valence-corrected chi connectivity index (χ2v) is 6.12. The van der Waals surface area contributed by atoms with E-state index < -0.39 is 5.91 Å². The van der Waals surface area contributed by atoms with E-state index in [2.05, 4.69) is 0 Å². The summed E-state index contributed by atoms with van der Waals surface area (Å²) < 4.78 is 5.60. The zero-order valence-electron chi connectivity index (χ0n) is 14.6. The molecule has 0 saturated heterocycles. The van der Waals surface area contributed by atoms with Crippen LogP contribution < -0.4 is 10.5 Å². The summed E-state index contributed by atoms with van der Waals surface area (Å²) in [7, 11) is 0. The topological polar surface area (TPSA) is 72.6 Å². The van der Waals surface area contributed by atoms with Gasteiger partial charge in [-0.1, -0.05) is 30.3 Å². The van der Waals surface area contributed by atoms with E-state index in [1.165, 1.54) is 0 Å². The summed E-state index contributed by atoms with van der Waals surface area (Å²) in [6.07, 6.45) is 0.208. The lowest BCUT2D eigenvalue weighted by atomic mass is 10.1. The standard InChI is InChI=1S/C20H24N2O3/c1-15(2)25-18-10-8-17(9-11-18)20(24)22(13-12-19(21)23)14-16-6-4-3-5-7-16/h3-11,15H,12-14H2,1-2H3,(H2,21,23). The van der Waals surface area contributed by atoms with Crippen LogP contribution in [0.1, 0.15) is 36.2 Å². The minimum absolute atomic E-state index is 0.0756. The molecule has 0 spiro atoms. The summed E-state index contributed by atoms with van der Waals surface area (Å²) in [6.45, 7) is 4.61. The molecule has 2 amide bonds. The van der Waals surface area contributed by atoms with E-state index in [9.17, 15) is 9.59 Å². The van der Waals surface area contributed by atoms with Crippen LogP contribution in [0.2, 0.25) is 0 Å². The van der Waals surface area contributed by atoms with Gasteiger partial charge in [0, 0.05) is 25.1 Å². The minimum atomic E-state index is -0.424. The predicted molar refractivity (Wildman–Crippen MR) is 97.2 cm³/mol. The molecule has 0 aromatic heterocycles. The van der Waals surface area contributed by atoms with Gasteiger partial charge in [0.25, 0.3) is 5.91 Å². The lowest BCUT2D eigenvalue weighted by Crippen LogP contribution is -2.33. The first-order chi connectivity index (χ1) is 12.0. The molecule has 0 unspecified atom stereocenters. The van der Waals surface area contributed by atoms with Crippen LogP contribution in [0.3, 0.4) is 0 Å². The highest BCUT2D eigenvalue weighted by atomic mass is 16.5. The molecule has 5 heteroatoms. The highest BCUT2D eigenvalue weighted by molar-refractivity contribution is 5.94. The van der Waals surface area contributed by atoms with E-state index in [0.29, 0.717) is 12.1 Å². The third-order valence-electron chi connectivity index (χ3n) is 3.60. The molecule has 0 aliphatic heterocycles. The average molecular weight is 340 g/mol. The van der Waals surface area contributed by atoms with E-state index in [1.807, 2.05) is 44.2 Å². The number of hydrogen-bond acceptors (Lipinski definition) is 3. The third kappa shape index (κ3) is 5.95. The number of primary amides is 1. The van der Waals surface area contributed by atoms with Crippen molar-refractivity contribution in [2.24, 2.45) is 5.73 Å². The highest BCUT2D eigenvalue weighted by Gasteiger charge is 2.17. The van der Waals surface area contributed by atoms with Crippen LogP contribution in [0.15, 0.2) is 54.6 Å². The van der Waals surface area contributed by atoms with Gasteiger partial charge in [0.15, 0.2) is 0 Å². The number of benzene rings is 2. The highest BCUT2D eigenvalue weighted by Crippen LogP contribution is 2.16. The molecule has 0 heterocycles. The van der Waals surface area contributed by atoms with Gasteiger partial charge < -0.3 is 15.4 Å². The number of nitrogens with two attached hydrogens (primary N) is 1. The van der Waals surface area contributed by atoms with Crippen molar-refractivity contribution in [1.82, 2.24) is 4.90 Å². The largest absolute Gasteiger partial charge is 0.491 e. The van der Waals surface area contributed by atoms with Crippen LogP contribution in [-0.4, -0.2) is 29.4 Å². The molecule has 2 rings (SSSR count). The molecule has 5 nitrogen and oxygen atoms in total. The first kappa shape index (κ1) is 18.5. The van der Waals surface area contributed by atoms with E-state index in [-0.39, 0.29) is 25.0 Å². The maximum atomic E-state index is 12.8. The SMILES string of the molecule is CC(C)Oc1ccc(C(=O)N(CCC(N)=O)Cc2ccccc2)cc1. The van der Waals surface area contributed by atoms with Gasteiger partial charge in [-0.25, -0.2) is 0 Å². The van der Waals surface area contributed by atoms with Gasteiger partial charge in [0.05, 0.1) is 6.10 Å². The molecule has 0 bridgehead atoms. The Morgan fingerprint density at radius 2 is 1.68 bits per heavy atom. The summed E-state index contributed by atoms with van der Waals surface area (Å²) >= 11 is 0. The summed E-state index contributed by atoms with van der Waals surface area (Å²) in [5, 5.41) is 0. The minimum Gasteiger partial charge on any atom is -0.491 e. The Labute approximate surface area is 148 Å². The number of nitrogens with zero attached hydrogens (tertiary/aromatic N) is 1. The van der Waals surface area contributed by atoms with Gasteiger partial charge in [-0.15, -0.1) is 0 Å². The molecule has 132 valence electrons. The molecule has 0 aliphatic rings. The van der Waals surface area contributed by atoms with Crippen LogP contribution in [0.25, 0.3) is 0 Å². The second kappa shape index (κ2) is 8.87. The van der Waals surface area contributed by atoms with E-state index in [1.54, 1.807) is 29.2 Å². The summed E-state index contributed by atoms with van der Waals surface area (Å²) in [5.74, 6) is 0.158. The maximum Gasteiger partial charge on any atom is 0.254 e. The number of rotatable bonds is 8. The molecule has 2 N–H and O–H groups in total. The van der Waals surface area contributed by atoms with Crippen LogP contribution in [0, 0.1) is 0 Å². The number of carbonyl (C=O) groups is 2. The zero-order valence-corrected chi connectivity index (χ0v) is 14.6. The van der Waals surface area contributed by atoms with E-state index in [0.717, 1.165) is 11.3 Å². The van der Waals surface area contributed by atoms with Crippen molar-refractivity contribution in [2.45, 2.75) is 32.9 Å². The molecule has 2 aromatic rings. The lowest BCUT2D eigenvalue weighted by molar-refractivity contribution is -0.118. The van der Waals surface area contributed by atoms with Crippen molar-refractivity contribution >= 4 is 11.8 Å². The molecule has 0 atom stereocenters. The Bertz CT molecular complexity index is 697. The van der Waals surface area contributed by atoms with Crippen LogP contribution >= 0.6 is 0 Å². The normalized spacial score (nSPS) is 10.5. The molecule has 0 aliphatic carbocycles. The number of hydrogen-bond donors (Lipinski definition) is 1. The van der Waals surface area contributed by atoms with Gasteiger partial charge in [0.1, 0.15) is 5.75 Å². The zero-order chi connectivity index (χ0) is 18.2. The van der Waals surface area contributed by atoms with Gasteiger partial charge in [-0.3, -0.25) is 9.59 Å². The van der Waals surface area contributed by atoms with Crippen molar-refractivity contribution in [1.29, 1.82) is 0 Å². The molecule has 0 radical (unpaired) electrons. The van der Waals surface area contributed by atoms with E-state index in [4.69, 9.17) is 10.5 Å². The van der Waals surface area contributed by atoms with Crippen molar-refractivity contribution in [3.63, 3.8) is 0 Å². The average Bonchev–Trinajstić information content (AvgIpc) is 2.59. The molecule has 2 aromatic carbocycles. The fraction of sp³-hybridized carbons (Fsp3) is 0.300. The first-order valence-electron chi connectivity index (χ1n) is 8.34. The lowest BCUT2D eigenvalue weighted by Gasteiger charge is -2.22. The number of ether oxygens (including phenoxy) is 1. The molecule has 25 heavy (non-hydrogen) atoms. The van der Waals surface area contributed by atoms with Crippen molar-refractivity contribution in [3.05, 3.63) is 65.7 Å². The van der Waals surface area contributed by atoms with Crippen molar-refractivity contribution < 1.29 is 14.3 Å². The quantitative estimate of drug-likeness (QED) is 0.803. The number of carbonyl (C=O) groups excluding carboxylic acids is 2. The van der Waals surface area contributed by atoms with Crippen molar-refractivity contribution in [3.8, 4) is 5.75 Å². The Morgan fingerprint density at radius 3 is 2.24 bits per heavy atom.